The molecule has 0 fully saturated rings. The first-order valence-corrected chi connectivity index (χ1v) is 5.23. The molecule has 8 heteroatoms. The highest BCUT2D eigenvalue weighted by Gasteiger charge is 2.20. The van der Waals surface area contributed by atoms with Crippen LogP contribution in [0.2, 0.25) is 0 Å². The minimum Gasteiger partial charge on any atom is -0.358 e. The molecule has 0 aliphatic carbocycles. The fourth-order valence-corrected chi connectivity index (χ4v) is 1.57. The highest BCUT2D eigenvalue weighted by molar-refractivity contribution is 6.02. The van der Waals surface area contributed by atoms with Gasteiger partial charge in [0.2, 0.25) is 5.95 Å². The molecule has 0 radical (unpaired) electrons. The maximum atomic E-state index is 12.9. The van der Waals surface area contributed by atoms with Crippen molar-refractivity contribution in [3.05, 3.63) is 52.1 Å². The van der Waals surface area contributed by atoms with E-state index in [0.717, 1.165) is 10.6 Å². The van der Waals surface area contributed by atoms with E-state index in [4.69, 9.17) is 0 Å². The number of halogens is 1. The van der Waals surface area contributed by atoms with Crippen LogP contribution < -0.4 is 5.32 Å². The van der Waals surface area contributed by atoms with Crippen LogP contribution >= 0.6 is 0 Å². The summed E-state index contributed by atoms with van der Waals surface area (Å²) in [6.07, 6.45) is 0. The van der Waals surface area contributed by atoms with Crippen LogP contribution in [0.15, 0.2) is 30.3 Å². The molecule has 0 saturated carbocycles. The zero-order chi connectivity index (χ0) is 14.0. The van der Waals surface area contributed by atoms with Crippen LogP contribution in [0.5, 0.6) is 0 Å². The third kappa shape index (κ3) is 2.57. The predicted octanol–water partition coefficient (Wildman–Crippen LogP) is 1.72. The first kappa shape index (κ1) is 12.7. The quantitative estimate of drug-likeness (QED) is 0.519. The normalized spacial score (nSPS) is 10.2. The predicted molar refractivity (Wildman–Crippen MR) is 64.2 cm³/mol. The summed E-state index contributed by atoms with van der Waals surface area (Å²) in [7, 11) is 1.39. The van der Waals surface area contributed by atoms with Crippen molar-refractivity contribution in [1.82, 2.24) is 9.55 Å². The van der Waals surface area contributed by atoms with Gasteiger partial charge < -0.3 is 15.4 Å². The summed E-state index contributed by atoms with van der Waals surface area (Å²) in [6.45, 7) is 0. The van der Waals surface area contributed by atoms with E-state index in [1.807, 2.05) is 0 Å². The average molecular weight is 264 g/mol. The molecule has 2 aromatic heterocycles. The third-order valence-electron chi connectivity index (χ3n) is 2.47. The lowest BCUT2D eigenvalue weighted by molar-refractivity contribution is -0.391. The smallest absolute Gasteiger partial charge is 0.323 e. The molecule has 0 aliphatic heterocycles. The summed E-state index contributed by atoms with van der Waals surface area (Å²) in [5.41, 5.74) is 0.0813. The number of pyridine rings is 1. The van der Waals surface area contributed by atoms with Crippen LogP contribution in [-0.4, -0.2) is 20.4 Å². The second-order valence-electron chi connectivity index (χ2n) is 3.69. The van der Waals surface area contributed by atoms with Gasteiger partial charge in [-0.15, -0.1) is 0 Å². The van der Waals surface area contributed by atoms with Gasteiger partial charge in [-0.25, -0.2) is 9.55 Å². The molecule has 2 aromatic rings. The molecule has 0 aromatic carbocycles. The highest BCUT2D eigenvalue weighted by atomic mass is 19.1. The molecular weight excluding hydrogens is 255 g/mol. The second kappa shape index (κ2) is 4.84. The van der Waals surface area contributed by atoms with Gasteiger partial charge in [0.25, 0.3) is 5.91 Å². The lowest BCUT2D eigenvalue weighted by atomic mass is 10.4. The maximum absolute atomic E-state index is 12.9. The minimum atomic E-state index is -0.726. The number of hydrogen-bond acceptors (Lipinski definition) is 4. The molecule has 1 amide bonds. The van der Waals surface area contributed by atoms with Crippen LogP contribution in [0.1, 0.15) is 10.5 Å². The van der Waals surface area contributed by atoms with E-state index in [-0.39, 0.29) is 17.3 Å². The molecule has 0 unspecified atom stereocenters. The van der Waals surface area contributed by atoms with Gasteiger partial charge in [0.1, 0.15) is 5.82 Å². The number of nitrogens with one attached hydrogen (secondary N) is 1. The van der Waals surface area contributed by atoms with Crippen molar-refractivity contribution in [3.63, 3.8) is 0 Å². The molecule has 0 aliphatic rings. The van der Waals surface area contributed by atoms with Crippen molar-refractivity contribution in [1.29, 1.82) is 0 Å². The fraction of sp³-hybridized carbons (Fsp3) is 0.0909. The SMILES string of the molecule is Cn1c(C(=O)Nc2cccc(F)n2)ccc1[N+](=O)[O-]. The Bertz CT molecular complexity index is 653. The molecule has 1 N–H and O–H groups in total. The molecule has 7 nitrogen and oxygen atoms in total. The van der Waals surface area contributed by atoms with Gasteiger partial charge in [0.05, 0.1) is 7.05 Å². The van der Waals surface area contributed by atoms with E-state index < -0.39 is 16.8 Å². The number of nitro groups is 1. The number of hydrogen-bond donors (Lipinski definition) is 1. The Hall–Kier alpha value is -2.77. The van der Waals surface area contributed by atoms with Crippen molar-refractivity contribution >= 4 is 17.5 Å². The largest absolute Gasteiger partial charge is 0.358 e. The molecule has 2 heterocycles. The van der Waals surface area contributed by atoms with Crippen molar-refractivity contribution < 1.29 is 14.1 Å². The first-order valence-electron chi connectivity index (χ1n) is 5.23. The fourth-order valence-electron chi connectivity index (χ4n) is 1.57. The summed E-state index contributed by atoms with van der Waals surface area (Å²) >= 11 is 0. The molecule has 0 atom stereocenters. The van der Waals surface area contributed by atoms with E-state index >= 15 is 0 Å². The summed E-state index contributed by atoms with van der Waals surface area (Å²) in [5, 5.41) is 13.0. The van der Waals surface area contributed by atoms with Crippen molar-refractivity contribution in [2.75, 3.05) is 5.32 Å². The number of amides is 1. The van der Waals surface area contributed by atoms with Crippen LogP contribution in [0.4, 0.5) is 16.0 Å². The number of carbonyl (C=O) groups excluding carboxylic acids is 1. The lowest BCUT2D eigenvalue weighted by Crippen LogP contribution is -2.17. The van der Waals surface area contributed by atoms with E-state index in [9.17, 15) is 19.3 Å². The summed E-state index contributed by atoms with van der Waals surface area (Å²) < 4.78 is 14.0. The van der Waals surface area contributed by atoms with E-state index in [1.54, 1.807) is 0 Å². The Morgan fingerprint density at radius 1 is 1.42 bits per heavy atom. The van der Waals surface area contributed by atoms with Gasteiger partial charge in [-0.2, -0.15) is 4.39 Å². The summed E-state index contributed by atoms with van der Waals surface area (Å²) in [5.74, 6) is -1.50. The molecule has 19 heavy (non-hydrogen) atoms. The topological polar surface area (TPSA) is 90.1 Å². The van der Waals surface area contributed by atoms with Gasteiger partial charge in [0, 0.05) is 6.07 Å². The number of anilines is 1. The number of aromatic nitrogens is 2. The van der Waals surface area contributed by atoms with Gasteiger partial charge in [0.15, 0.2) is 5.69 Å². The van der Waals surface area contributed by atoms with E-state index in [1.165, 1.54) is 31.3 Å². The first-order chi connectivity index (χ1) is 8.99. The zero-order valence-corrected chi connectivity index (χ0v) is 9.83. The van der Waals surface area contributed by atoms with E-state index in [0.29, 0.717) is 0 Å². The Morgan fingerprint density at radius 3 is 2.74 bits per heavy atom. The Balaban J connectivity index is 2.23. The monoisotopic (exact) mass is 264 g/mol. The second-order valence-corrected chi connectivity index (χ2v) is 3.69. The number of rotatable bonds is 3. The molecule has 0 spiro atoms. The Labute approximate surface area is 106 Å². The zero-order valence-electron chi connectivity index (χ0n) is 9.83. The summed E-state index contributed by atoms with van der Waals surface area (Å²) in [6, 6.07) is 6.48. The molecule has 0 bridgehead atoms. The molecule has 98 valence electrons. The van der Waals surface area contributed by atoms with Crippen LogP contribution in [-0.2, 0) is 7.05 Å². The molecule has 2 rings (SSSR count). The number of nitrogens with zero attached hydrogens (tertiary/aromatic N) is 3. The van der Waals surface area contributed by atoms with Crippen LogP contribution in [0, 0.1) is 16.1 Å². The molecule has 0 saturated heterocycles. The minimum absolute atomic E-state index is 0.0360. The average Bonchev–Trinajstić information content (AvgIpc) is 2.71. The van der Waals surface area contributed by atoms with Crippen molar-refractivity contribution in [2.24, 2.45) is 7.05 Å². The standard InChI is InChI=1S/C11H9FN4O3/c1-15-7(5-6-10(15)16(18)19)11(17)14-9-4-2-3-8(12)13-9/h2-6H,1H3,(H,13,14,17). The van der Waals surface area contributed by atoms with Crippen molar-refractivity contribution in [3.8, 4) is 0 Å². The van der Waals surface area contributed by atoms with Gasteiger partial charge in [-0.1, -0.05) is 6.07 Å². The van der Waals surface area contributed by atoms with Gasteiger partial charge in [-0.05, 0) is 23.1 Å². The van der Waals surface area contributed by atoms with Crippen LogP contribution in [0.3, 0.4) is 0 Å². The van der Waals surface area contributed by atoms with Gasteiger partial charge >= 0.3 is 5.82 Å². The van der Waals surface area contributed by atoms with E-state index in [2.05, 4.69) is 10.3 Å². The third-order valence-corrected chi connectivity index (χ3v) is 2.47. The Kier molecular flexibility index (Phi) is 3.23. The maximum Gasteiger partial charge on any atom is 0.323 e. The van der Waals surface area contributed by atoms with Gasteiger partial charge in [-0.3, -0.25) is 4.79 Å². The number of carbonyl (C=O) groups is 1. The van der Waals surface area contributed by atoms with Crippen molar-refractivity contribution in [2.45, 2.75) is 0 Å². The highest BCUT2D eigenvalue weighted by Crippen LogP contribution is 2.16. The van der Waals surface area contributed by atoms with Crippen LogP contribution in [0.25, 0.3) is 0 Å². The molecular formula is C11H9FN4O3. The summed E-state index contributed by atoms with van der Waals surface area (Å²) in [4.78, 5) is 25.4. The Morgan fingerprint density at radius 2 is 2.16 bits per heavy atom. The lowest BCUT2D eigenvalue weighted by Gasteiger charge is -2.03.